The zero-order valence-corrected chi connectivity index (χ0v) is 22.4. The predicted octanol–water partition coefficient (Wildman–Crippen LogP) is 4.58. The first-order valence-corrected chi connectivity index (χ1v) is 13.1. The van der Waals surface area contributed by atoms with E-state index in [-0.39, 0.29) is 24.0 Å². The van der Waals surface area contributed by atoms with Gasteiger partial charge in [0.1, 0.15) is 18.0 Å². The van der Waals surface area contributed by atoms with Crippen molar-refractivity contribution < 1.29 is 37.8 Å². The molecule has 0 spiro atoms. The zero-order valence-electron chi connectivity index (χ0n) is 22.4. The number of cyclic esters (lactones) is 1. The van der Waals surface area contributed by atoms with Gasteiger partial charge in [-0.05, 0) is 48.7 Å². The number of fused-ring (bicyclic) bond motifs is 6. The van der Waals surface area contributed by atoms with Crippen LogP contribution in [0.25, 0.3) is 0 Å². The van der Waals surface area contributed by atoms with Crippen molar-refractivity contribution in [2.24, 2.45) is 39.9 Å². The maximum atomic E-state index is 14.2. The number of furan rings is 1. The smallest absolute Gasteiger partial charge is 0.331 e. The molecule has 0 amide bonds. The summed E-state index contributed by atoms with van der Waals surface area (Å²) in [5.41, 5.74) is -0.170. The molecule has 1 aromatic heterocycles. The molecule has 8 atom stereocenters. The van der Waals surface area contributed by atoms with Gasteiger partial charge in [0.2, 0.25) is 0 Å². The maximum absolute atomic E-state index is 14.2. The second-order valence-corrected chi connectivity index (χ2v) is 12.3. The van der Waals surface area contributed by atoms with E-state index >= 15 is 0 Å². The fraction of sp³-hybridized carbons (Fsp3) is 0.655. The lowest BCUT2D eigenvalue weighted by atomic mass is 9.38. The summed E-state index contributed by atoms with van der Waals surface area (Å²) >= 11 is 0. The second kappa shape index (κ2) is 8.57. The first-order valence-electron chi connectivity index (χ1n) is 13.1. The van der Waals surface area contributed by atoms with Gasteiger partial charge in [0, 0.05) is 41.2 Å². The van der Waals surface area contributed by atoms with Crippen LogP contribution >= 0.6 is 0 Å². The van der Waals surface area contributed by atoms with Crippen LogP contribution in [0.2, 0.25) is 0 Å². The Balaban J connectivity index is 1.64. The number of hydrogen-bond acceptors (Lipinski definition) is 8. The number of esters is 3. The number of carbonyl (C=O) groups is 4. The third-order valence-electron chi connectivity index (χ3n) is 10.2. The molecular formula is C29H36O8. The molecular weight excluding hydrogens is 476 g/mol. The molecule has 5 rings (SSSR count). The van der Waals surface area contributed by atoms with Crippen LogP contribution in [-0.2, 0) is 33.4 Å². The van der Waals surface area contributed by atoms with E-state index in [9.17, 15) is 19.2 Å². The van der Waals surface area contributed by atoms with Gasteiger partial charge in [0.05, 0.1) is 25.6 Å². The Morgan fingerprint density at radius 2 is 1.86 bits per heavy atom. The van der Waals surface area contributed by atoms with Gasteiger partial charge in [-0.1, -0.05) is 27.7 Å². The number of ketones is 1. The van der Waals surface area contributed by atoms with Crippen LogP contribution in [-0.4, -0.2) is 36.9 Å². The van der Waals surface area contributed by atoms with Crippen LogP contribution in [0.3, 0.4) is 0 Å². The van der Waals surface area contributed by atoms with E-state index in [0.717, 1.165) is 24.0 Å². The molecule has 2 heterocycles. The van der Waals surface area contributed by atoms with Crippen molar-refractivity contribution in [2.45, 2.75) is 72.5 Å². The van der Waals surface area contributed by atoms with Gasteiger partial charge >= 0.3 is 17.9 Å². The number of hydrogen-bond donors (Lipinski definition) is 0. The van der Waals surface area contributed by atoms with Gasteiger partial charge < -0.3 is 18.6 Å². The molecule has 8 unspecified atom stereocenters. The predicted molar refractivity (Wildman–Crippen MR) is 131 cm³/mol. The fourth-order valence-corrected chi connectivity index (χ4v) is 8.55. The molecule has 200 valence electrons. The van der Waals surface area contributed by atoms with Crippen molar-refractivity contribution in [1.29, 1.82) is 0 Å². The highest BCUT2D eigenvalue weighted by Gasteiger charge is 2.70. The average Bonchev–Trinajstić information content (AvgIpc) is 3.36. The highest BCUT2D eigenvalue weighted by molar-refractivity contribution is 5.92. The van der Waals surface area contributed by atoms with Crippen LogP contribution in [0.15, 0.2) is 34.7 Å². The number of rotatable bonds is 4. The van der Waals surface area contributed by atoms with Gasteiger partial charge in [-0.15, -0.1) is 0 Å². The van der Waals surface area contributed by atoms with Crippen molar-refractivity contribution in [3.05, 3.63) is 35.8 Å². The minimum Gasteiger partial charge on any atom is -0.472 e. The van der Waals surface area contributed by atoms with Gasteiger partial charge in [-0.25, -0.2) is 4.79 Å². The summed E-state index contributed by atoms with van der Waals surface area (Å²) in [5, 5.41) is 0. The Bertz CT molecular complexity index is 1160. The van der Waals surface area contributed by atoms with Crippen LogP contribution < -0.4 is 0 Å². The van der Waals surface area contributed by atoms with Crippen molar-refractivity contribution in [1.82, 2.24) is 0 Å². The van der Waals surface area contributed by atoms with E-state index in [4.69, 9.17) is 18.6 Å². The molecule has 8 nitrogen and oxygen atoms in total. The molecule has 37 heavy (non-hydrogen) atoms. The van der Waals surface area contributed by atoms with E-state index in [2.05, 4.69) is 6.92 Å². The molecule has 2 bridgehead atoms. The summed E-state index contributed by atoms with van der Waals surface area (Å²) in [6, 6.07) is 1.82. The summed E-state index contributed by atoms with van der Waals surface area (Å²) in [7, 11) is 1.35. The monoisotopic (exact) mass is 512 g/mol. The van der Waals surface area contributed by atoms with Gasteiger partial charge in [-0.2, -0.15) is 0 Å². The Hall–Kier alpha value is -2.90. The summed E-state index contributed by atoms with van der Waals surface area (Å²) in [6.07, 6.45) is 5.62. The Kier molecular flexibility index (Phi) is 5.96. The molecule has 3 fully saturated rings. The maximum Gasteiger partial charge on any atom is 0.331 e. The number of methoxy groups -OCH3 is 1. The molecule has 4 aliphatic rings. The highest BCUT2D eigenvalue weighted by atomic mass is 16.6. The average molecular weight is 513 g/mol. The summed E-state index contributed by atoms with van der Waals surface area (Å²) in [6.45, 7) is 9.43. The normalized spacial score (nSPS) is 40.0. The van der Waals surface area contributed by atoms with Crippen LogP contribution in [0.5, 0.6) is 0 Å². The third-order valence-corrected chi connectivity index (χ3v) is 10.2. The molecule has 0 N–H and O–H groups in total. The van der Waals surface area contributed by atoms with Gasteiger partial charge in [0.15, 0.2) is 0 Å². The Morgan fingerprint density at radius 3 is 2.49 bits per heavy atom. The van der Waals surface area contributed by atoms with Crippen molar-refractivity contribution >= 4 is 23.7 Å². The van der Waals surface area contributed by atoms with Crippen molar-refractivity contribution in [3.8, 4) is 0 Å². The molecule has 1 aliphatic heterocycles. The van der Waals surface area contributed by atoms with E-state index in [1.165, 1.54) is 14.0 Å². The quantitative estimate of drug-likeness (QED) is 0.426. The molecule has 8 heteroatoms. The van der Waals surface area contributed by atoms with E-state index in [1.54, 1.807) is 18.6 Å². The highest BCUT2D eigenvalue weighted by Crippen LogP contribution is 2.69. The lowest BCUT2D eigenvalue weighted by Crippen LogP contribution is -2.68. The fourth-order valence-electron chi connectivity index (χ4n) is 8.55. The first kappa shape index (κ1) is 25.7. The Labute approximate surface area is 217 Å². The van der Waals surface area contributed by atoms with Gasteiger partial charge in [0.25, 0.3) is 0 Å². The minimum atomic E-state index is -0.851. The molecule has 0 saturated heterocycles. The number of ether oxygens (including phenoxy) is 3. The largest absolute Gasteiger partial charge is 0.472 e. The zero-order chi connectivity index (χ0) is 26.9. The molecule has 3 aliphatic carbocycles. The lowest BCUT2D eigenvalue weighted by Gasteiger charge is -2.65. The standard InChI is InChI=1S/C29H36O8/c1-15(30)36-26-18-11-17-19(29(5,24(18)33)21(27(26,2)3)13-22(31)34-6)7-9-28(4)20(17)12-23(32)37-25(28)16-8-10-35-14-16/h8,10,12,14,17-19,21,25-26H,7,9,11,13H2,1-6H3. The number of carbonyl (C=O) groups excluding carboxylic acids is 4. The SMILES string of the molecule is COC(=O)CC1C(C)(C)C(OC(C)=O)C2CC3C4=CC(=O)OC(c5ccoc5)C4(C)CCC3C1(C)C2=O. The van der Waals surface area contributed by atoms with E-state index in [0.29, 0.717) is 6.42 Å². The Morgan fingerprint density at radius 1 is 1.14 bits per heavy atom. The molecule has 3 saturated carbocycles. The third kappa shape index (κ3) is 3.62. The van der Waals surface area contributed by atoms with Gasteiger partial charge in [-0.3, -0.25) is 14.4 Å². The lowest BCUT2D eigenvalue weighted by molar-refractivity contribution is -0.210. The second-order valence-electron chi connectivity index (χ2n) is 12.3. The van der Waals surface area contributed by atoms with Crippen molar-refractivity contribution in [3.63, 3.8) is 0 Å². The number of Topliss-reactive ketones (excluding diaryl/α,β-unsaturated/α-hetero) is 1. The van der Waals surface area contributed by atoms with E-state index < -0.39 is 58.2 Å². The van der Waals surface area contributed by atoms with Crippen LogP contribution in [0.4, 0.5) is 0 Å². The van der Waals surface area contributed by atoms with Crippen LogP contribution in [0.1, 0.15) is 72.0 Å². The molecule has 0 radical (unpaired) electrons. The molecule has 0 aromatic carbocycles. The van der Waals surface area contributed by atoms with Crippen molar-refractivity contribution in [2.75, 3.05) is 7.11 Å². The first-order chi connectivity index (χ1) is 17.4. The van der Waals surface area contributed by atoms with E-state index in [1.807, 2.05) is 26.8 Å². The topological polar surface area (TPSA) is 109 Å². The van der Waals surface area contributed by atoms with Crippen LogP contribution in [0, 0.1) is 39.9 Å². The summed E-state index contributed by atoms with van der Waals surface area (Å²) in [5.74, 6) is -2.32. The minimum absolute atomic E-state index is 0.0437. The summed E-state index contributed by atoms with van der Waals surface area (Å²) in [4.78, 5) is 51.9. The summed E-state index contributed by atoms with van der Waals surface area (Å²) < 4.78 is 22.1. The molecule has 1 aromatic rings.